The molecule has 1 aliphatic heterocycles. The van der Waals surface area contributed by atoms with Crippen LogP contribution in [0.15, 0.2) is 70.6 Å². The van der Waals surface area contributed by atoms with Gasteiger partial charge in [0.25, 0.3) is 0 Å². The molecule has 0 aliphatic carbocycles. The van der Waals surface area contributed by atoms with Gasteiger partial charge in [-0.3, -0.25) is 0 Å². The summed E-state index contributed by atoms with van der Waals surface area (Å²) in [5.74, 6) is 0. The standard InChI is InChI=1S/C16H14IN4O/c1-11-5-4-8-16(17-21(11)22)20-19-15-10-9-14(18)12-6-2-3-7-13(12)15/h2-10H,18H2,1H3/q-1. The van der Waals surface area contributed by atoms with E-state index in [2.05, 4.69) is 10.2 Å². The van der Waals surface area contributed by atoms with E-state index in [0.717, 1.165) is 29.1 Å². The fourth-order valence-corrected chi connectivity index (χ4v) is 3.61. The van der Waals surface area contributed by atoms with Crippen LogP contribution in [0.1, 0.15) is 6.92 Å². The third-order valence-electron chi connectivity index (χ3n) is 3.20. The first-order valence-corrected chi connectivity index (χ1v) is 8.73. The van der Waals surface area contributed by atoms with Gasteiger partial charge in [-0.15, -0.1) is 10.2 Å². The molecule has 5 nitrogen and oxygen atoms in total. The van der Waals surface area contributed by atoms with E-state index in [9.17, 15) is 5.21 Å². The number of hydrogen-bond donors (Lipinski definition) is 1. The van der Waals surface area contributed by atoms with Gasteiger partial charge < -0.3 is 14.2 Å². The SMILES string of the molecule is CC1=CC=CC(N=Nc2ccc(N)c3ccccc23)=IN1[O-]. The summed E-state index contributed by atoms with van der Waals surface area (Å²) in [6, 6.07) is 11.5. The van der Waals surface area contributed by atoms with Gasteiger partial charge in [-0.05, 0) is 31.2 Å². The van der Waals surface area contributed by atoms with Crippen LogP contribution in [-0.2, 0) is 0 Å². The molecule has 0 fully saturated rings. The second kappa shape index (κ2) is 6.37. The van der Waals surface area contributed by atoms with Gasteiger partial charge in [-0.2, -0.15) is 0 Å². The molecular formula is C16H14IN4O-. The lowest BCUT2D eigenvalue weighted by molar-refractivity contribution is 0.832. The molecule has 1 aliphatic rings. The topological polar surface area (TPSA) is 77.0 Å². The Kier molecular flexibility index (Phi) is 4.30. The molecule has 112 valence electrons. The highest BCUT2D eigenvalue weighted by Crippen LogP contribution is 2.30. The zero-order chi connectivity index (χ0) is 15.5. The Morgan fingerprint density at radius 2 is 1.86 bits per heavy atom. The number of fused-ring (bicyclic) bond motifs is 1. The van der Waals surface area contributed by atoms with Crippen molar-refractivity contribution in [1.29, 1.82) is 0 Å². The van der Waals surface area contributed by atoms with E-state index in [1.807, 2.05) is 48.6 Å². The molecule has 2 aromatic rings. The van der Waals surface area contributed by atoms with Crippen molar-refractivity contribution in [3.63, 3.8) is 0 Å². The van der Waals surface area contributed by atoms with Crippen molar-refractivity contribution in [2.24, 2.45) is 10.2 Å². The summed E-state index contributed by atoms with van der Waals surface area (Å²) >= 11 is -0.876. The van der Waals surface area contributed by atoms with Crippen LogP contribution in [0.25, 0.3) is 10.8 Å². The number of azo groups is 1. The van der Waals surface area contributed by atoms with Crippen molar-refractivity contribution in [1.82, 2.24) is 3.28 Å². The van der Waals surface area contributed by atoms with Crippen LogP contribution in [0.3, 0.4) is 0 Å². The van der Waals surface area contributed by atoms with E-state index in [4.69, 9.17) is 5.73 Å². The Balaban J connectivity index is 1.97. The average Bonchev–Trinajstić information content (AvgIpc) is 2.69. The number of halogens is 1. The minimum atomic E-state index is -0.876. The minimum Gasteiger partial charge on any atom is -0.750 e. The summed E-state index contributed by atoms with van der Waals surface area (Å²) in [6.45, 7) is 1.80. The van der Waals surface area contributed by atoms with Crippen molar-refractivity contribution in [3.05, 3.63) is 65.5 Å². The molecule has 2 N–H and O–H groups in total. The number of hydroxylamine groups is 1. The van der Waals surface area contributed by atoms with E-state index in [-0.39, 0.29) is 0 Å². The van der Waals surface area contributed by atoms with Gasteiger partial charge in [0.2, 0.25) is 0 Å². The summed E-state index contributed by atoms with van der Waals surface area (Å²) in [6.07, 6.45) is 5.47. The molecule has 0 unspecified atom stereocenters. The van der Waals surface area contributed by atoms with E-state index in [1.54, 1.807) is 13.0 Å². The van der Waals surface area contributed by atoms with Crippen LogP contribution in [0, 0.1) is 5.21 Å². The smallest absolute Gasteiger partial charge is 0.134 e. The molecule has 22 heavy (non-hydrogen) atoms. The van der Waals surface area contributed by atoms with Crippen molar-refractivity contribution < 1.29 is 0 Å². The maximum atomic E-state index is 11.8. The van der Waals surface area contributed by atoms with Crippen LogP contribution in [0.5, 0.6) is 0 Å². The number of benzene rings is 2. The fourth-order valence-electron chi connectivity index (χ4n) is 2.04. The molecular weight excluding hydrogens is 391 g/mol. The zero-order valence-electron chi connectivity index (χ0n) is 11.9. The van der Waals surface area contributed by atoms with Crippen LogP contribution < -0.4 is 5.73 Å². The largest absolute Gasteiger partial charge is 0.750 e. The number of rotatable bonds is 2. The predicted octanol–water partition coefficient (Wildman–Crippen LogP) is 4.79. The summed E-state index contributed by atoms with van der Waals surface area (Å²) in [4.78, 5) is 0. The predicted molar refractivity (Wildman–Crippen MR) is 100 cm³/mol. The van der Waals surface area contributed by atoms with Gasteiger partial charge >= 0.3 is 0 Å². The maximum Gasteiger partial charge on any atom is 0.134 e. The Bertz CT molecular complexity index is 839. The zero-order valence-corrected chi connectivity index (χ0v) is 14.1. The van der Waals surface area contributed by atoms with Crippen molar-refractivity contribution in [2.75, 3.05) is 5.73 Å². The third kappa shape index (κ3) is 3.07. The fraction of sp³-hybridized carbons (Fsp3) is 0.0625. The Labute approximate surface area is 138 Å². The van der Waals surface area contributed by atoms with Gasteiger partial charge in [-0.1, -0.05) is 30.3 Å². The number of nitrogens with zero attached hydrogens (tertiary/aromatic N) is 3. The summed E-state index contributed by atoms with van der Waals surface area (Å²) < 4.78 is 1.73. The Morgan fingerprint density at radius 3 is 2.68 bits per heavy atom. The number of allylic oxidation sites excluding steroid dienone is 3. The van der Waals surface area contributed by atoms with E-state index in [1.165, 1.54) is 0 Å². The summed E-state index contributed by atoms with van der Waals surface area (Å²) in [5.41, 5.74) is 8.15. The summed E-state index contributed by atoms with van der Waals surface area (Å²) in [5, 5.41) is 22.3. The van der Waals surface area contributed by atoms with Gasteiger partial charge in [0, 0.05) is 43.2 Å². The van der Waals surface area contributed by atoms with Crippen LogP contribution >= 0.6 is 21.0 Å². The van der Waals surface area contributed by atoms with Crippen molar-refractivity contribution in [2.45, 2.75) is 6.92 Å². The van der Waals surface area contributed by atoms with Crippen LogP contribution in [0.2, 0.25) is 0 Å². The maximum absolute atomic E-state index is 11.8. The minimum absolute atomic E-state index is 0.701. The lowest BCUT2D eigenvalue weighted by atomic mass is 10.1. The quantitative estimate of drug-likeness (QED) is 0.338. The van der Waals surface area contributed by atoms with E-state index in [0.29, 0.717) is 5.70 Å². The lowest BCUT2D eigenvalue weighted by Gasteiger charge is -2.24. The molecule has 0 atom stereocenters. The third-order valence-corrected chi connectivity index (χ3v) is 5.47. The molecule has 6 heteroatoms. The molecule has 0 saturated carbocycles. The first-order chi connectivity index (χ1) is 10.6. The van der Waals surface area contributed by atoms with E-state index < -0.39 is 21.0 Å². The normalized spacial score (nSPS) is 15.5. The molecule has 3 rings (SSSR count). The molecule has 0 saturated heterocycles. The van der Waals surface area contributed by atoms with Gasteiger partial charge in [0.05, 0.1) is 5.69 Å². The Hall–Kier alpha value is -2.06. The number of nitrogens with two attached hydrogens (primary N) is 1. The lowest BCUT2D eigenvalue weighted by Crippen LogP contribution is -1.98. The van der Waals surface area contributed by atoms with Crippen LogP contribution in [-0.4, -0.2) is 6.91 Å². The first kappa shape index (κ1) is 14.9. The first-order valence-electron chi connectivity index (χ1n) is 6.68. The second-order valence-electron chi connectivity index (χ2n) is 4.74. The molecule has 0 spiro atoms. The van der Waals surface area contributed by atoms with E-state index >= 15 is 0 Å². The number of hydrogen-bond acceptors (Lipinski definition) is 5. The molecule has 0 aromatic heterocycles. The molecule has 2 aromatic carbocycles. The highest BCUT2D eigenvalue weighted by Gasteiger charge is 2.03. The summed E-state index contributed by atoms with van der Waals surface area (Å²) in [7, 11) is 0. The van der Waals surface area contributed by atoms with Gasteiger partial charge in [-0.25, -0.2) is 0 Å². The van der Waals surface area contributed by atoms with Crippen molar-refractivity contribution in [3.8, 4) is 0 Å². The van der Waals surface area contributed by atoms with Crippen molar-refractivity contribution >= 4 is 46.8 Å². The highest BCUT2D eigenvalue weighted by molar-refractivity contribution is 14.2. The number of anilines is 1. The molecule has 1 heterocycles. The van der Waals surface area contributed by atoms with Gasteiger partial charge in [0.1, 0.15) is 3.63 Å². The molecule has 0 amide bonds. The molecule has 0 radical (unpaired) electrons. The van der Waals surface area contributed by atoms with Crippen LogP contribution in [0.4, 0.5) is 11.4 Å². The monoisotopic (exact) mass is 405 g/mol. The highest BCUT2D eigenvalue weighted by atomic mass is 127. The van der Waals surface area contributed by atoms with Gasteiger partial charge in [0.15, 0.2) is 0 Å². The Morgan fingerprint density at radius 1 is 1.09 bits per heavy atom. The molecule has 0 bridgehead atoms. The number of nitrogen functional groups attached to an aromatic ring is 1. The average molecular weight is 405 g/mol. The second-order valence-corrected chi connectivity index (χ2v) is 7.20.